The Balaban J connectivity index is 2.27. The van der Waals surface area contributed by atoms with Gasteiger partial charge in [-0.25, -0.2) is 4.39 Å². The molecule has 1 aromatic carbocycles. The van der Waals surface area contributed by atoms with Gasteiger partial charge < -0.3 is 0 Å². The van der Waals surface area contributed by atoms with Gasteiger partial charge in [0, 0.05) is 24.4 Å². The van der Waals surface area contributed by atoms with Gasteiger partial charge in [0.25, 0.3) is 0 Å². The first-order valence-electron chi connectivity index (χ1n) is 5.15. The summed E-state index contributed by atoms with van der Waals surface area (Å²) in [4.78, 5) is 15.9. The Morgan fingerprint density at radius 2 is 2.17 bits per heavy atom. The van der Waals surface area contributed by atoms with Crippen molar-refractivity contribution in [3.05, 3.63) is 63.1 Å². The topological polar surface area (TPSA) is 30.0 Å². The van der Waals surface area contributed by atoms with Crippen LogP contribution in [0.2, 0.25) is 5.02 Å². The van der Waals surface area contributed by atoms with Crippen LogP contribution < -0.4 is 0 Å². The lowest BCUT2D eigenvalue weighted by atomic mass is 10.0. The van der Waals surface area contributed by atoms with Crippen molar-refractivity contribution in [3.8, 4) is 0 Å². The van der Waals surface area contributed by atoms with E-state index in [1.165, 1.54) is 18.5 Å². The number of carbonyl (C=O) groups excluding carboxylic acids is 1. The van der Waals surface area contributed by atoms with Crippen LogP contribution in [0, 0.1) is 5.82 Å². The van der Waals surface area contributed by atoms with Crippen molar-refractivity contribution in [2.24, 2.45) is 0 Å². The third kappa shape index (κ3) is 2.76. The standard InChI is InChI=1S/C13H8BrClFNO/c14-13-8(2-1-3-11(13)16)6-12(18)9-4-5-17-7-10(9)15/h1-5,7H,6H2. The van der Waals surface area contributed by atoms with E-state index < -0.39 is 0 Å². The Bertz CT molecular complexity index is 603. The molecule has 0 spiro atoms. The Hall–Kier alpha value is -1.26. The fourth-order valence-corrected chi connectivity index (χ4v) is 2.18. The number of hydrogen-bond donors (Lipinski definition) is 0. The second-order valence-electron chi connectivity index (χ2n) is 3.67. The van der Waals surface area contributed by atoms with Crippen LogP contribution in [0.5, 0.6) is 0 Å². The summed E-state index contributed by atoms with van der Waals surface area (Å²) in [6.45, 7) is 0. The van der Waals surface area contributed by atoms with E-state index in [9.17, 15) is 9.18 Å². The van der Waals surface area contributed by atoms with E-state index in [2.05, 4.69) is 20.9 Å². The van der Waals surface area contributed by atoms with Crippen molar-refractivity contribution in [3.63, 3.8) is 0 Å². The van der Waals surface area contributed by atoms with Gasteiger partial charge in [-0.3, -0.25) is 9.78 Å². The van der Waals surface area contributed by atoms with Gasteiger partial charge in [0.1, 0.15) is 5.82 Å². The summed E-state index contributed by atoms with van der Waals surface area (Å²) in [6.07, 6.45) is 3.00. The highest BCUT2D eigenvalue weighted by atomic mass is 79.9. The molecule has 0 N–H and O–H groups in total. The van der Waals surface area contributed by atoms with Gasteiger partial charge in [-0.05, 0) is 33.6 Å². The van der Waals surface area contributed by atoms with Crippen molar-refractivity contribution in [1.82, 2.24) is 4.98 Å². The minimum Gasteiger partial charge on any atom is -0.294 e. The molecule has 1 aromatic heterocycles. The van der Waals surface area contributed by atoms with Gasteiger partial charge in [-0.1, -0.05) is 23.7 Å². The molecule has 0 amide bonds. The number of Topliss-reactive ketones (excluding diaryl/α,β-unsaturated/α-hetero) is 1. The molecule has 2 aromatic rings. The molecule has 0 aliphatic carbocycles. The third-order valence-electron chi connectivity index (χ3n) is 2.46. The fraction of sp³-hybridized carbons (Fsp3) is 0.0769. The average molecular weight is 329 g/mol. The number of aromatic nitrogens is 1. The fourth-order valence-electron chi connectivity index (χ4n) is 1.55. The van der Waals surface area contributed by atoms with Gasteiger partial charge in [0.2, 0.25) is 0 Å². The van der Waals surface area contributed by atoms with Gasteiger partial charge in [-0.15, -0.1) is 0 Å². The summed E-state index contributed by atoms with van der Waals surface area (Å²) in [5.74, 6) is -0.560. The van der Waals surface area contributed by atoms with Crippen molar-refractivity contribution in [2.75, 3.05) is 0 Å². The maximum Gasteiger partial charge on any atom is 0.168 e. The van der Waals surface area contributed by atoms with Crippen LogP contribution in [0.3, 0.4) is 0 Å². The zero-order valence-corrected chi connectivity index (χ0v) is 11.5. The van der Waals surface area contributed by atoms with E-state index in [-0.39, 0.29) is 18.0 Å². The molecule has 0 unspecified atom stereocenters. The predicted octanol–water partition coefficient (Wildman–Crippen LogP) is 4.06. The smallest absolute Gasteiger partial charge is 0.168 e. The number of ketones is 1. The maximum atomic E-state index is 13.3. The number of pyridine rings is 1. The number of halogens is 3. The van der Waals surface area contributed by atoms with Crippen molar-refractivity contribution in [1.29, 1.82) is 0 Å². The molecule has 5 heteroatoms. The molecular formula is C13H8BrClFNO. The summed E-state index contributed by atoms with van der Waals surface area (Å²) in [5, 5.41) is 0.301. The van der Waals surface area contributed by atoms with Gasteiger partial charge in [-0.2, -0.15) is 0 Å². The van der Waals surface area contributed by atoms with Crippen molar-refractivity contribution >= 4 is 33.3 Å². The van der Waals surface area contributed by atoms with Gasteiger partial charge in [0.05, 0.1) is 9.50 Å². The first-order valence-corrected chi connectivity index (χ1v) is 6.32. The monoisotopic (exact) mass is 327 g/mol. The minimum atomic E-state index is -0.388. The SMILES string of the molecule is O=C(Cc1cccc(F)c1Br)c1ccncc1Cl. The summed E-state index contributed by atoms with van der Waals surface area (Å²) in [5.41, 5.74) is 0.982. The van der Waals surface area contributed by atoms with E-state index >= 15 is 0 Å². The molecule has 0 radical (unpaired) electrons. The Morgan fingerprint density at radius 1 is 1.39 bits per heavy atom. The Morgan fingerprint density at radius 3 is 2.89 bits per heavy atom. The minimum absolute atomic E-state index is 0.0854. The van der Waals surface area contributed by atoms with E-state index in [1.807, 2.05) is 0 Å². The van der Waals surface area contributed by atoms with Gasteiger partial charge in [0.15, 0.2) is 5.78 Å². The van der Waals surface area contributed by atoms with Crippen LogP contribution in [-0.4, -0.2) is 10.8 Å². The molecule has 0 atom stereocenters. The molecule has 0 saturated heterocycles. The Kier molecular flexibility index (Phi) is 4.09. The molecule has 0 fully saturated rings. The molecular weight excluding hydrogens is 321 g/mol. The summed E-state index contributed by atoms with van der Waals surface area (Å²) in [7, 11) is 0. The molecule has 92 valence electrons. The number of rotatable bonds is 3. The molecule has 1 heterocycles. The molecule has 0 aliphatic heterocycles. The highest BCUT2D eigenvalue weighted by molar-refractivity contribution is 9.10. The van der Waals surface area contributed by atoms with Crippen molar-refractivity contribution in [2.45, 2.75) is 6.42 Å². The number of benzene rings is 1. The lowest BCUT2D eigenvalue weighted by Gasteiger charge is -2.05. The van der Waals surface area contributed by atoms with Gasteiger partial charge >= 0.3 is 0 Å². The third-order valence-corrected chi connectivity index (χ3v) is 3.64. The van der Waals surface area contributed by atoms with Crippen molar-refractivity contribution < 1.29 is 9.18 Å². The number of hydrogen-bond acceptors (Lipinski definition) is 2. The van der Waals surface area contributed by atoms with E-state index in [0.717, 1.165) is 0 Å². The average Bonchev–Trinajstić information content (AvgIpc) is 2.35. The van der Waals surface area contributed by atoms with Crippen LogP contribution in [0.25, 0.3) is 0 Å². The Labute approximate surface area is 117 Å². The van der Waals surface area contributed by atoms with E-state index in [1.54, 1.807) is 18.2 Å². The lowest BCUT2D eigenvalue weighted by Crippen LogP contribution is -2.05. The highest BCUT2D eigenvalue weighted by Crippen LogP contribution is 2.23. The molecule has 0 aliphatic rings. The predicted molar refractivity (Wildman–Crippen MR) is 71.4 cm³/mol. The quantitative estimate of drug-likeness (QED) is 0.795. The maximum absolute atomic E-state index is 13.3. The zero-order chi connectivity index (χ0) is 13.1. The molecule has 18 heavy (non-hydrogen) atoms. The van der Waals surface area contributed by atoms with Crippen LogP contribution in [0.4, 0.5) is 4.39 Å². The largest absolute Gasteiger partial charge is 0.294 e. The molecule has 2 rings (SSSR count). The second-order valence-corrected chi connectivity index (χ2v) is 4.87. The van der Waals surface area contributed by atoms with Crippen LogP contribution >= 0.6 is 27.5 Å². The molecule has 2 nitrogen and oxygen atoms in total. The summed E-state index contributed by atoms with van der Waals surface area (Å²) in [6, 6.07) is 6.15. The second kappa shape index (κ2) is 5.59. The van der Waals surface area contributed by atoms with E-state index in [4.69, 9.17) is 11.6 Å². The summed E-state index contributed by atoms with van der Waals surface area (Å²) >= 11 is 9.01. The molecule has 0 bridgehead atoms. The number of carbonyl (C=O) groups is 1. The van der Waals surface area contributed by atoms with Crippen LogP contribution in [0.1, 0.15) is 15.9 Å². The van der Waals surface area contributed by atoms with Crippen LogP contribution in [-0.2, 0) is 6.42 Å². The molecule has 0 saturated carbocycles. The lowest BCUT2D eigenvalue weighted by molar-refractivity contribution is 0.0993. The zero-order valence-electron chi connectivity index (χ0n) is 9.16. The normalized spacial score (nSPS) is 10.4. The van der Waals surface area contributed by atoms with Crippen LogP contribution in [0.15, 0.2) is 41.1 Å². The highest BCUT2D eigenvalue weighted by Gasteiger charge is 2.14. The first kappa shape index (κ1) is 13.2. The first-order chi connectivity index (χ1) is 8.59. The number of nitrogens with zero attached hydrogens (tertiary/aromatic N) is 1. The summed E-state index contributed by atoms with van der Waals surface area (Å²) < 4.78 is 13.6. The van der Waals surface area contributed by atoms with E-state index in [0.29, 0.717) is 20.6 Å².